The number of benzene rings is 3. The summed E-state index contributed by atoms with van der Waals surface area (Å²) in [7, 11) is 0.249. The van der Waals surface area contributed by atoms with Crippen LogP contribution in [0.4, 0.5) is 0 Å². The van der Waals surface area contributed by atoms with Crippen molar-refractivity contribution in [2.75, 3.05) is 0 Å². The van der Waals surface area contributed by atoms with Gasteiger partial charge in [0.2, 0.25) is 0 Å². The van der Waals surface area contributed by atoms with Gasteiger partial charge in [-0.2, -0.15) is 0 Å². The van der Waals surface area contributed by atoms with Crippen LogP contribution in [0.1, 0.15) is 75.5 Å². The van der Waals surface area contributed by atoms with Gasteiger partial charge in [-0.25, -0.2) is 0 Å². The average molecular weight is 435 g/mol. The molecule has 0 fully saturated rings. The highest BCUT2D eigenvalue weighted by molar-refractivity contribution is 7.55. The van der Waals surface area contributed by atoms with Crippen molar-refractivity contribution in [1.82, 2.24) is 0 Å². The number of rotatable bonds is 4. The normalized spacial score (nSPS) is 13.7. The third-order valence-electron chi connectivity index (χ3n) is 5.67. The molecule has 2 unspecified atom stereocenters. The fourth-order valence-corrected chi connectivity index (χ4v) is 5.01. The minimum atomic E-state index is -0.696. The van der Waals surface area contributed by atoms with Gasteiger partial charge < -0.3 is 10.2 Å². The van der Waals surface area contributed by atoms with Crippen molar-refractivity contribution < 1.29 is 10.2 Å². The maximum Gasteiger partial charge on any atom is 0.127 e. The highest BCUT2D eigenvalue weighted by Crippen LogP contribution is 2.37. The lowest BCUT2D eigenvalue weighted by Gasteiger charge is -2.28. The second-order valence-corrected chi connectivity index (χ2v) is 11.8. The fraction of sp³-hybridized carbons (Fsp3) is 0.357. The first-order valence-electron chi connectivity index (χ1n) is 10.9. The van der Waals surface area contributed by atoms with Gasteiger partial charge >= 0.3 is 0 Å². The van der Waals surface area contributed by atoms with Gasteiger partial charge in [0, 0.05) is 10.9 Å². The Morgan fingerprint density at radius 2 is 1.42 bits per heavy atom. The Kier molecular flexibility index (Phi) is 6.65. The van der Waals surface area contributed by atoms with Crippen LogP contribution < -0.4 is 10.6 Å². The lowest BCUT2D eigenvalue weighted by Crippen LogP contribution is -2.21. The maximum absolute atomic E-state index is 11.2. The Hall–Kier alpha value is -2.15. The summed E-state index contributed by atoms with van der Waals surface area (Å²) >= 11 is 0. The van der Waals surface area contributed by atoms with Crippen LogP contribution >= 0.6 is 8.58 Å². The predicted molar refractivity (Wildman–Crippen MR) is 135 cm³/mol. The summed E-state index contributed by atoms with van der Waals surface area (Å²) in [6, 6.07) is 20.3. The second kappa shape index (κ2) is 8.77. The number of hydrogen-bond donors (Lipinski definition) is 2. The molecule has 3 aromatic rings. The van der Waals surface area contributed by atoms with Crippen LogP contribution in [0.25, 0.3) is 0 Å². The molecular formula is C28H35O2P. The van der Waals surface area contributed by atoms with E-state index in [-0.39, 0.29) is 19.4 Å². The van der Waals surface area contributed by atoms with E-state index in [1.54, 1.807) is 0 Å². The lowest BCUT2D eigenvalue weighted by molar-refractivity contribution is 0.221. The molecule has 0 aliphatic rings. The number of aliphatic hydroxyl groups excluding tert-OH is 1. The molecule has 3 aromatic carbocycles. The van der Waals surface area contributed by atoms with E-state index in [4.69, 9.17) is 0 Å². The lowest BCUT2D eigenvalue weighted by atomic mass is 9.80. The molecular weight excluding hydrogens is 399 g/mol. The average Bonchev–Trinajstić information content (AvgIpc) is 2.69. The number of phenolic OH excluding ortho intramolecular Hbond substituents is 1. The molecule has 164 valence electrons. The topological polar surface area (TPSA) is 40.5 Å². The number of phenols is 1. The molecule has 31 heavy (non-hydrogen) atoms. The van der Waals surface area contributed by atoms with E-state index in [1.807, 2.05) is 37.3 Å². The summed E-state index contributed by atoms with van der Waals surface area (Å²) < 4.78 is 0. The Bertz CT molecular complexity index is 1060. The van der Waals surface area contributed by atoms with Gasteiger partial charge in [0.25, 0.3) is 0 Å². The smallest absolute Gasteiger partial charge is 0.127 e. The summed E-state index contributed by atoms with van der Waals surface area (Å²) in [4.78, 5) is 0. The van der Waals surface area contributed by atoms with Crippen LogP contribution in [0.5, 0.6) is 5.75 Å². The fourth-order valence-electron chi connectivity index (χ4n) is 3.72. The summed E-state index contributed by atoms with van der Waals surface area (Å²) in [5.74, 6) is 0.375. The summed E-state index contributed by atoms with van der Waals surface area (Å²) in [5, 5.41) is 24.4. The van der Waals surface area contributed by atoms with Crippen molar-refractivity contribution in [2.24, 2.45) is 0 Å². The monoisotopic (exact) mass is 434 g/mol. The van der Waals surface area contributed by atoms with Crippen LogP contribution in [0.2, 0.25) is 0 Å². The first-order valence-corrected chi connectivity index (χ1v) is 11.9. The molecule has 0 aliphatic heterocycles. The molecule has 0 saturated carbocycles. The minimum absolute atomic E-state index is 0.0212. The third kappa shape index (κ3) is 5.37. The van der Waals surface area contributed by atoms with E-state index in [9.17, 15) is 10.2 Å². The molecule has 0 aliphatic carbocycles. The predicted octanol–water partition coefficient (Wildman–Crippen LogP) is 6.01. The van der Waals surface area contributed by atoms with Crippen LogP contribution in [-0.2, 0) is 10.8 Å². The van der Waals surface area contributed by atoms with Gasteiger partial charge in [-0.3, -0.25) is 0 Å². The molecule has 0 bridgehead atoms. The number of aryl methyl sites for hydroxylation is 1. The summed E-state index contributed by atoms with van der Waals surface area (Å²) in [5.41, 5.74) is 4.90. The van der Waals surface area contributed by atoms with Crippen molar-refractivity contribution in [2.45, 2.75) is 65.4 Å². The number of aliphatic hydroxyl groups is 1. The standard InChI is InChI=1S/C28H35O2P/c1-18-13-14-23(21(15-18)25(29)19-11-9-8-10-12-19)31-24-17-20(27(2,3)4)16-22(26(24)30)28(5,6)7/h8-17,25,29-31H,1-7H3. The first-order chi connectivity index (χ1) is 14.4. The Morgan fingerprint density at radius 1 is 0.774 bits per heavy atom. The van der Waals surface area contributed by atoms with Crippen molar-refractivity contribution >= 4 is 19.2 Å². The molecule has 0 radical (unpaired) electrons. The molecule has 3 heteroatoms. The van der Waals surface area contributed by atoms with Gasteiger partial charge in [-0.05, 0) is 45.8 Å². The largest absolute Gasteiger partial charge is 0.507 e. The van der Waals surface area contributed by atoms with E-state index in [2.05, 4.69) is 71.9 Å². The van der Waals surface area contributed by atoms with Gasteiger partial charge in [0.1, 0.15) is 11.9 Å². The van der Waals surface area contributed by atoms with E-state index in [0.29, 0.717) is 5.75 Å². The van der Waals surface area contributed by atoms with E-state index in [1.165, 1.54) is 5.56 Å². The first kappa shape index (κ1) is 23.5. The molecule has 0 amide bonds. The minimum Gasteiger partial charge on any atom is -0.507 e. The van der Waals surface area contributed by atoms with E-state index in [0.717, 1.165) is 32.9 Å². The molecule has 0 saturated heterocycles. The molecule has 0 heterocycles. The van der Waals surface area contributed by atoms with E-state index < -0.39 is 6.10 Å². The third-order valence-corrected chi connectivity index (χ3v) is 7.05. The molecule has 2 nitrogen and oxygen atoms in total. The van der Waals surface area contributed by atoms with Gasteiger partial charge in [-0.1, -0.05) is 110 Å². The van der Waals surface area contributed by atoms with Crippen molar-refractivity contribution in [3.05, 3.63) is 88.5 Å². The second-order valence-electron chi connectivity index (χ2n) is 10.4. The van der Waals surface area contributed by atoms with Gasteiger partial charge in [0.05, 0.1) is 0 Å². The SMILES string of the molecule is Cc1ccc(Pc2cc(C(C)(C)C)cc(C(C)(C)C)c2O)c(C(O)c2ccccc2)c1. The number of aromatic hydroxyl groups is 1. The molecule has 2 N–H and O–H groups in total. The Morgan fingerprint density at radius 3 is 2.00 bits per heavy atom. The zero-order chi connectivity index (χ0) is 23.0. The zero-order valence-electron chi connectivity index (χ0n) is 19.7. The zero-order valence-corrected chi connectivity index (χ0v) is 20.7. The highest BCUT2D eigenvalue weighted by atomic mass is 31.1. The van der Waals surface area contributed by atoms with E-state index >= 15 is 0 Å². The van der Waals surface area contributed by atoms with Gasteiger partial charge in [-0.15, -0.1) is 0 Å². The van der Waals surface area contributed by atoms with Crippen LogP contribution in [-0.4, -0.2) is 10.2 Å². The Balaban J connectivity index is 2.13. The molecule has 3 rings (SSSR count). The molecule has 0 aromatic heterocycles. The summed E-state index contributed by atoms with van der Waals surface area (Å²) in [6.45, 7) is 15.1. The Labute approximate surface area is 189 Å². The quantitative estimate of drug-likeness (QED) is 0.494. The maximum atomic E-state index is 11.2. The number of hydrogen-bond acceptors (Lipinski definition) is 2. The summed E-state index contributed by atoms with van der Waals surface area (Å²) in [6.07, 6.45) is -0.696. The molecule has 0 spiro atoms. The van der Waals surface area contributed by atoms with Crippen molar-refractivity contribution in [1.29, 1.82) is 0 Å². The van der Waals surface area contributed by atoms with Crippen LogP contribution in [0, 0.1) is 6.92 Å². The van der Waals surface area contributed by atoms with Gasteiger partial charge in [0.15, 0.2) is 0 Å². The van der Waals surface area contributed by atoms with Crippen molar-refractivity contribution in [3.8, 4) is 5.75 Å². The molecule has 2 atom stereocenters. The van der Waals surface area contributed by atoms with Crippen molar-refractivity contribution in [3.63, 3.8) is 0 Å². The van der Waals surface area contributed by atoms with Crippen LogP contribution in [0.15, 0.2) is 60.7 Å². The highest BCUT2D eigenvalue weighted by Gasteiger charge is 2.26. The van der Waals surface area contributed by atoms with Crippen LogP contribution in [0.3, 0.4) is 0 Å².